The summed E-state index contributed by atoms with van der Waals surface area (Å²) in [6.45, 7) is 3.32. The average molecular weight is 478 g/mol. The van der Waals surface area contributed by atoms with Crippen LogP contribution in [0.15, 0.2) is 66.7 Å². The monoisotopic (exact) mass is 476 g/mol. The van der Waals surface area contributed by atoms with Crippen molar-refractivity contribution in [1.29, 1.82) is 0 Å². The van der Waals surface area contributed by atoms with Crippen molar-refractivity contribution in [2.45, 2.75) is 19.4 Å². The molecule has 5 nitrogen and oxygen atoms in total. The molecule has 0 radical (unpaired) electrons. The van der Waals surface area contributed by atoms with Gasteiger partial charge in [-0.2, -0.15) is 0 Å². The van der Waals surface area contributed by atoms with Gasteiger partial charge in [0.25, 0.3) is 11.8 Å². The predicted molar refractivity (Wildman–Crippen MR) is 126 cm³/mol. The smallest absolute Gasteiger partial charge is 0.267 e. The van der Waals surface area contributed by atoms with Crippen LogP contribution in [0.2, 0.25) is 15.1 Å². The molecule has 0 aromatic heterocycles. The normalized spacial score (nSPS) is 11.0. The standard InChI is InChI=1S/C23H19Cl3N2O3/c1-23(2,31-18-9-6-14(24)7-10-18)22(30)28-17-5-3-4-16(13-17)27-21(29)19-11-8-15(25)12-20(19)26/h3-13H,1-2H3,(H,27,29)(H,28,30). The first-order valence-electron chi connectivity index (χ1n) is 9.26. The number of benzene rings is 3. The lowest BCUT2D eigenvalue weighted by Gasteiger charge is -2.25. The second-order valence-electron chi connectivity index (χ2n) is 7.18. The number of hydrogen-bond donors (Lipinski definition) is 2. The Morgan fingerprint density at radius 1 is 0.806 bits per heavy atom. The molecular weight excluding hydrogens is 459 g/mol. The lowest BCUT2D eigenvalue weighted by molar-refractivity contribution is -0.128. The van der Waals surface area contributed by atoms with Crippen molar-refractivity contribution in [3.05, 3.63) is 87.4 Å². The largest absolute Gasteiger partial charge is 0.478 e. The van der Waals surface area contributed by atoms with Gasteiger partial charge in [0.1, 0.15) is 5.75 Å². The third-order valence-electron chi connectivity index (χ3n) is 4.29. The molecule has 0 heterocycles. The highest BCUT2D eigenvalue weighted by Crippen LogP contribution is 2.25. The van der Waals surface area contributed by atoms with Crippen molar-refractivity contribution in [3.63, 3.8) is 0 Å². The van der Waals surface area contributed by atoms with Crippen molar-refractivity contribution < 1.29 is 14.3 Å². The summed E-state index contributed by atoms with van der Waals surface area (Å²) in [6.07, 6.45) is 0. The molecule has 0 saturated carbocycles. The number of anilines is 2. The number of carbonyl (C=O) groups excluding carboxylic acids is 2. The minimum Gasteiger partial charge on any atom is -0.478 e. The molecule has 0 bridgehead atoms. The summed E-state index contributed by atoms with van der Waals surface area (Å²) < 4.78 is 5.80. The third-order valence-corrected chi connectivity index (χ3v) is 5.09. The van der Waals surface area contributed by atoms with Gasteiger partial charge in [0.05, 0.1) is 10.6 Å². The first-order valence-corrected chi connectivity index (χ1v) is 10.4. The number of nitrogens with one attached hydrogen (secondary N) is 2. The molecule has 2 amide bonds. The van der Waals surface area contributed by atoms with Gasteiger partial charge in [0, 0.05) is 21.4 Å². The van der Waals surface area contributed by atoms with Gasteiger partial charge in [-0.1, -0.05) is 40.9 Å². The van der Waals surface area contributed by atoms with E-state index in [4.69, 9.17) is 39.5 Å². The summed E-state index contributed by atoms with van der Waals surface area (Å²) in [5, 5.41) is 6.82. The first kappa shape index (κ1) is 22.9. The molecule has 0 aliphatic heterocycles. The SMILES string of the molecule is CC(C)(Oc1ccc(Cl)cc1)C(=O)Nc1cccc(NC(=O)c2ccc(Cl)cc2Cl)c1. The van der Waals surface area contributed by atoms with Crippen LogP contribution in [0, 0.1) is 0 Å². The molecular formula is C23H19Cl3N2O3. The molecule has 8 heteroatoms. The van der Waals surface area contributed by atoms with E-state index in [-0.39, 0.29) is 16.5 Å². The zero-order valence-corrected chi connectivity index (χ0v) is 19.0. The minimum absolute atomic E-state index is 0.246. The van der Waals surface area contributed by atoms with Crippen molar-refractivity contribution >= 4 is 58.0 Å². The fourth-order valence-electron chi connectivity index (χ4n) is 2.67. The number of carbonyl (C=O) groups is 2. The quantitative estimate of drug-likeness (QED) is 0.415. The Morgan fingerprint density at radius 2 is 1.42 bits per heavy atom. The highest BCUT2D eigenvalue weighted by atomic mass is 35.5. The summed E-state index contributed by atoms with van der Waals surface area (Å²) in [4.78, 5) is 25.3. The molecule has 0 fully saturated rings. The van der Waals surface area contributed by atoms with Gasteiger partial charge < -0.3 is 15.4 Å². The number of halogens is 3. The molecule has 3 aromatic rings. The molecule has 3 aromatic carbocycles. The van der Waals surface area contributed by atoms with Gasteiger partial charge in [-0.15, -0.1) is 0 Å². The van der Waals surface area contributed by atoms with Gasteiger partial charge in [0.2, 0.25) is 0 Å². The molecule has 0 spiro atoms. The van der Waals surface area contributed by atoms with Gasteiger partial charge >= 0.3 is 0 Å². The van der Waals surface area contributed by atoms with Crippen LogP contribution in [0.4, 0.5) is 11.4 Å². The van der Waals surface area contributed by atoms with E-state index < -0.39 is 11.5 Å². The van der Waals surface area contributed by atoms with E-state index in [1.54, 1.807) is 74.5 Å². The van der Waals surface area contributed by atoms with Crippen LogP contribution < -0.4 is 15.4 Å². The van der Waals surface area contributed by atoms with Gasteiger partial charge in [-0.3, -0.25) is 9.59 Å². The van der Waals surface area contributed by atoms with E-state index in [1.807, 2.05) is 0 Å². The molecule has 31 heavy (non-hydrogen) atoms. The Kier molecular flexibility index (Phi) is 7.11. The number of ether oxygens (including phenoxy) is 1. The number of rotatable bonds is 6. The molecule has 0 saturated heterocycles. The average Bonchev–Trinajstić information content (AvgIpc) is 2.69. The maximum absolute atomic E-state index is 12.8. The highest BCUT2D eigenvalue weighted by molar-refractivity contribution is 6.37. The van der Waals surface area contributed by atoms with Crippen molar-refractivity contribution in [2.75, 3.05) is 10.6 Å². The predicted octanol–water partition coefficient (Wildman–Crippen LogP) is 6.70. The van der Waals surface area contributed by atoms with Gasteiger partial charge in [-0.05, 0) is 74.5 Å². The van der Waals surface area contributed by atoms with Crippen LogP contribution in [0.25, 0.3) is 0 Å². The van der Waals surface area contributed by atoms with Crippen molar-refractivity contribution in [3.8, 4) is 5.75 Å². The van der Waals surface area contributed by atoms with Gasteiger partial charge in [-0.25, -0.2) is 0 Å². The first-order chi connectivity index (χ1) is 14.6. The van der Waals surface area contributed by atoms with Crippen LogP contribution in [0.5, 0.6) is 5.75 Å². The Bertz CT molecular complexity index is 1120. The molecule has 0 aliphatic carbocycles. The molecule has 160 valence electrons. The third kappa shape index (κ3) is 6.14. The Labute approximate surface area is 195 Å². The lowest BCUT2D eigenvalue weighted by atomic mass is 10.1. The van der Waals surface area contributed by atoms with Crippen LogP contribution in [0.1, 0.15) is 24.2 Å². The Balaban J connectivity index is 1.68. The summed E-state index contributed by atoms with van der Waals surface area (Å²) in [5.74, 6) is -0.228. The topological polar surface area (TPSA) is 67.4 Å². The van der Waals surface area contributed by atoms with E-state index in [9.17, 15) is 9.59 Å². The zero-order valence-electron chi connectivity index (χ0n) is 16.7. The Hall–Kier alpha value is -2.73. The molecule has 0 aliphatic rings. The maximum Gasteiger partial charge on any atom is 0.267 e. The van der Waals surface area contributed by atoms with Gasteiger partial charge in [0.15, 0.2) is 5.60 Å². The van der Waals surface area contributed by atoms with E-state index in [0.29, 0.717) is 27.2 Å². The van der Waals surface area contributed by atoms with Crippen LogP contribution in [-0.4, -0.2) is 17.4 Å². The minimum atomic E-state index is -1.15. The second kappa shape index (κ2) is 9.60. The van der Waals surface area contributed by atoms with Crippen LogP contribution >= 0.6 is 34.8 Å². The second-order valence-corrected chi connectivity index (χ2v) is 8.46. The van der Waals surface area contributed by atoms with E-state index in [0.717, 1.165) is 0 Å². The maximum atomic E-state index is 12.8. The lowest BCUT2D eigenvalue weighted by Crippen LogP contribution is -2.42. The fraction of sp³-hybridized carbons (Fsp3) is 0.130. The van der Waals surface area contributed by atoms with E-state index >= 15 is 0 Å². The van der Waals surface area contributed by atoms with Crippen LogP contribution in [0.3, 0.4) is 0 Å². The summed E-state index contributed by atoms with van der Waals surface area (Å²) >= 11 is 17.8. The summed E-state index contributed by atoms with van der Waals surface area (Å²) in [6, 6.07) is 18.1. The van der Waals surface area contributed by atoms with Crippen LogP contribution in [-0.2, 0) is 4.79 Å². The zero-order chi connectivity index (χ0) is 22.6. The molecule has 2 N–H and O–H groups in total. The number of amides is 2. The summed E-state index contributed by atoms with van der Waals surface area (Å²) in [7, 11) is 0. The Morgan fingerprint density at radius 3 is 2.06 bits per heavy atom. The van der Waals surface area contributed by atoms with Crippen molar-refractivity contribution in [2.24, 2.45) is 0 Å². The fourth-order valence-corrected chi connectivity index (χ4v) is 3.29. The highest BCUT2D eigenvalue weighted by Gasteiger charge is 2.30. The summed E-state index contributed by atoms with van der Waals surface area (Å²) in [5.41, 5.74) is 0.130. The van der Waals surface area contributed by atoms with E-state index in [2.05, 4.69) is 10.6 Å². The number of hydrogen-bond acceptors (Lipinski definition) is 3. The molecule has 3 rings (SSSR count). The van der Waals surface area contributed by atoms with E-state index in [1.165, 1.54) is 6.07 Å². The molecule has 0 unspecified atom stereocenters. The molecule has 0 atom stereocenters. The van der Waals surface area contributed by atoms with Crippen molar-refractivity contribution in [1.82, 2.24) is 0 Å².